The quantitative estimate of drug-likeness (QED) is 0.564. The minimum atomic E-state index is -0.230. The number of nitrogen functional groups attached to an aromatic ring is 1. The smallest absolute Gasteiger partial charge is 0.319 e. The molecule has 2 rings (SSSR count). The number of urea groups is 1. The zero-order valence-corrected chi connectivity index (χ0v) is 10.5. The van der Waals surface area contributed by atoms with Crippen molar-refractivity contribution < 1.29 is 4.79 Å². The molecule has 6 heteroatoms. The van der Waals surface area contributed by atoms with E-state index in [-0.39, 0.29) is 6.03 Å². The van der Waals surface area contributed by atoms with Crippen LogP contribution in [0.25, 0.3) is 0 Å². The Balaban J connectivity index is 1.67. The molecule has 1 aromatic heterocycles. The molecule has 2 amide bonds. The molecular weight excluding hydrogens is 242 g/mol. The van der Waals surface area contributed by atoms with E-state index >= 15 is 0 Å². The second-order valence-corrected chi connectivity index (χ2v) is 4.13. The predicted octanol–water partition coefficient (Wildman–Crippen LogP) is 1.68. The van der Waals surface area contributed by atoms with E-state index in [4.69, 9.17) is 5.73 Å². The van der Waals surface area contributed by atoms with Crippen LogP contribution in [0.5, 0.6) is 0 Å². The maximum Gasteiger partial charge on any atom is 0.319 e. The van der Waals surface area contributed by atoms with Gasteiger partial charge in [-0.2, -0.15) is 5.10 Å². The fraction of sp³-hybridized carbons (Fsp3) is 0.231. The molecule has 1 aromatic carbocycles. The summed E-state index contributed by atoms with van der Waals surface area (Å²) in [7, 11) is 0. The van der Waals surface area contributed by atoms with Gasteiger partial charge in [0.05, 0.1) is 0 Å². The highest BCUT2D eigenvalue weighted by Gasteiger charge is 2.01. The number of nitrogens with zero attached hydrogens (tertiary/aromatic N) is 2. The van der Waals surface area contributed by atoms with Crippen molar-refractivity contribution in [2.24, 2.45) is 0 Å². The number of hydrogen-bond acceptors (Lipinski definition) is 3. The number of nitrogens with two attached hydrogens (primary N) is 1. The molecule has 0 saturated carbocycles. The molecule has 0 fully saturated rings. The van der Waals surface area contributed by atoms with E-state index in [9.17, 15) is 4.79 Å². The van der Waals surface area contributed by atoms with Crippen molar-refractivity contribution in [3.8, 4) is 0 Å². The predicted molar refractivity (Wildman–Crippen MR) is 74.7 cm³/mol. The molecule has 0 atom stereocenters. The molecule has 0 bridgehead atoms. The van der Waals surface area contributed by atoms with Crippen molar-refractivity contribution in [2.75, 3.05) is 17.6 Å². The summed E-state index contributed by atoms with van der Waals surface area (Å²) in [6.07, 6.45) is 4.46. The van der Waals surface area contributed by atoms with Gasteiger partial charge in [0.1, 0.15) is 0 Å². The summed E-state index contributed by atoms with van der Waals surface area (Å²) in [5.74, 6) is 0. The highest BCUT2D eigenvalue weighted by molar-refractivity contribution is 5.89. The molecule has 19 heavy (non-hydrogen) atoms. The van der Waals surface area contributed by atoms with Gasteiger partial charge in [0.15, 0.2) is 0 Å². The first-order chi connectivity index (χ1) is 9.24. The molecule has 0 aliphatic carbocycles. The number of rotatable bonds is 5. The molecule has 4 N–H and O–H groups in total. The van der Waals surface area contributed by atoms with E-state index < -0.39 is 0 Å². The summed E-state index contributed by atoms with van der Waals surface area (Å²) in [6.45, 7) is 1.37. The SMILES string of the molecule is Nc1cccc(NC(=O)NCCCn2cccn2)c1. The van der Waals surface area contributed by atoms with Crippen molar-refractivity contribution in [3.05, 3.63) is 42.7 Å². The van der Waals surface area contributed by atoms with E-state index in [1.807, 2.05) is 16.9 Å². The van der Waals surface area contributed by atoms with Gasteiger partial charge < -0.3 is 16.4 Å². The number of benzene rings is 1. The van der Waals surface area contributed by atoms with Gasteiger partial charge in [-0.05, 0) is 30.7 Å². The highest BCUT2D eigenvalue weighted by Crippen LogP contribution is 2.11. The van der Waals surface area contributed by atoms with Gasteiger partial charge in [0.2, 0.25) is 0 Å². The van der Waals surface area contributed by atoms with E-state index in [1.54, 1.807) is 30.5 Å². The molecule has 0 aliphatic rings. The van der Waals surface area contributed by atoms with Gasteiger partial charge >= 0.3 is 6.03 Å². The summed E-state index contributed by atoms with van der Waals surface area (Å²) >= 11 is 0. The number of aromatic nitrogens is 2. The molecule has 2 aromatic rings. The first-order valence-corrected chi connectivity index (χ1v) is 6.12. The Morgan fingerprint density at radius 3 is 3.00 bits per heavy atom. The molecular formula is C13H17N5O. The second-order valence-electron chi connectivity index (χ2n) is 4.13. The van der Waals surface area contributed by atoms with E-state index in [2.05, 4.69) is 15.7 Å². The van der Waals surface area contributed by atoms with Gasteiger partial charge in [-0.15, -0.1) is 0 Å². The lowest BCUT2D eigenvalue weighted by Gasteiger charge is -2.08. The lowest BCUT2D eigenvalue weighted by atomic mass is 10.3. The molecule has 0 spiro atoms. The van der Waals surface area contributed by atoms with Crippen molar-refractivity contribution in [3.63, 3.8) is 0 Å². The van der Waals surface area contributed by atoms with Crippen LogP contribution in [-0.2, 0) is 6.54 Å². The Kier molecular flexibility index (Phi) is 4.39. The number of carbonyl (C=O) groups is 1. The van der Waals surface area contributed by atoms with Crippen LogP contribution in [0, 0.1) is 0 Å². The molecule has 0 unspecified atom stereocenters. The van der Waals surface area contributed by atoms with Crippen molar-refractivity contribution >= 4 is 17.4 Å². The average Bonchev–Trinajstić information content (AvgIpc) is 2.88. The molecule has 6 nitrogen and oxygen atoms in total. The summed E-state index contributed by atoms with van der Waals surface area (Å²) in [5, 5.41) is 9.59. The van der Waals surface area contributed by atoms with Gasteiger partial charge in [0, 0.05) is 36.9 Å². The topological polar surface area (TPSA) is 85.0 Å². The highest BCUT2D eigenvalue weighted by atomic mass is 16.2. The summed E-state index contributed by atoms with van der Waals surface area (Å²) in [4.78, 5) is 11.6. The number of nitrogens with one attached hydrogen (secondary N) is 2. The summed E-state index contributed by atoms with van der Waals surface area (Å²) in [5.41, 5.74) is 6.94. The van der Waals surface area contributed by atoms with Crippen LogP contribution in [0.3, 0.4) is 0 Å². The Bertz CT molecular complexity index is 524. The van der Waals surface area contributed by atoms with E-state index in [0.717, 1.165) is 13.0 Å². The third-order valence-corrected chi connectivity index (χ3v) is 2.55. The van der Waals surface area contributed by atoms with Crippen LogP contribution >= 0.6 is 0 Å². The van der Waals surface area contributed by atoms with Crippen molar-refractivity contribution in [1.82, 2.24) is 15.1 Å². The number of hydrogen-bond donors (Lipinski definition) is 3. The largest absolute Gasteiger partial charge is 0.399 e. The fourth-order valence-electron chi connectivity index (χ4n) is 1.67. The Morgan fingerprint density at radius 2 is 2.26 bits per heavy atom. The molecule has 1 heterocycles. The fourth-order valence-corrected chi connectivity index (χ4v) is 1.67. The minimum Gasteiger partial charge on any atom is -0.399 e. The lowest BCUT2D eigenvalue weighted by Crippen LogP contribution is -2.30. The number of aryl methyl sites for hydroxylation is 1. The first-order valence-electron chi connectivity index (χ1n) is 6.12. The standard InChI is InChI=1S/C13H17N5O/c14-11-4-1-5-12(10-11)17-13(19)15-6-2-8-18-9-3-7-16-18/h1,3-5,7,9-10H,2,6,8,14H2,(H2,15,17,19). The van der Waals surface area contributed by atoms with Crippen molar-refractivity contribution in [1.29, 1.82) is 0 Å². The van der Waals surface area contributed by atoms with Crippen LogP contribution in [0.1, 0.15) is 6.42 Å². The Hall–Kier alpha value is -2.50. The van der Waals surface area contributed by atoms with Gasteiger partial charge in [-0.25, -0.2) is 4.79 Å². The Labute approximate surface area is 111 Å². The third kappa shape index (κ3) is 4.34. The first kappa shape index (κ1) is 12.9. The zero-order valence-electron chi connectivity index (χ0n) is 10.5. The van der Waals surface area contributed by atoms with Crippen molar-refractivity contribution in [2.45, 2.75) is 13.0 Å². The summed E-state index contributed by atoms with van der Waals surface area (Å²) < 4.78 is 1.83. The van der Waals surface area contributed by atoms with E-state index in [0.29, 0.717) is 17.9 Å². The van der Waals surface area contributed by atoms with Crippen LogP contribution in [0.2, 0.25) is 0 Å². The molecule has 0 saturated heterocycles. The van der Waals surface area contributed by atoms with E-state index in [1.165, 1.54) is 0 Å². The average molecular weight is 259 g/mol. The van der Waals surface area contributed by atoms with Gasteiger partial charge in [-0.1, -0.05) is 6.07 Å². The summed E-state index contributed by atoms with van der Waals surface area (Å²) in [6, 6.07) is 8.71. The number of anilines is 2. The molecule has 0 aliphatic heterocycles. The second kappa shape index (κ2) is 6.44. The normalized spacial score (nSPS) is 10.1. The van der Waals surface area contributed by atoms with Crippen LogP contribution in [-0.4, -0.2) is 22.4 Å². The number of amides is 2. The molecule has 0 radical (unpaired) electrons. The molecule has 100 valence electrons. The van der Waals surface area contributed by atoms with Crippen LogP contribution in [0.4, 0.5) is 16.2 Å². The Morgan fingerprint density at radius 1 is 1.37 bits per heavy atom. The van der Waals surface area contributed by atoms with Gasteiger partial charge in [0.25, 0.3) is 0 Å². The maximum absolute atomic E-state index is 11.6. The van der Waals surface area contributed by atoms with Crippen LogP contribution in [0.15, 0.2) is 42.7 Å². The minimum absolute atomic E-state index is 0.230. The number of carbonyl (C=O) groups excluding carboxylic acids is 1. The van der Waals surface area contributed by atoms with Gasteiger partial charge in [-0.3, -0.25) is 4.68 Å². The monoisotopic (exact) mass is 259 g/mol. The zero-order chi connectivity index (χ0) is 13.5. The third-order valence-electron chi connectivity index (χ3n) is 2.55. The van der Waals surface area contributed by atoms with Crippen LogP contribution < -0.4 is 16.4 Å². The maximum atomic E-state index is 11.6. The lowest BCUT2D eigenvalue weighted by molar-refractivity contribution is 0.251.